The summed E-state index contributed by atoms with van der Waals surface area (Å²) in [6.45, 7) is 2.87. The third-order valence-corrected chi connectivity index (χ3v) is 3.00. The minimum atomic E-state index is 0.746. The topological polar surface area (TPSA) is 35.8 Å². The van der Waals surface area contributed by atoms with Gasteiger partial charge in [0.2, 0.25) is 0 Å². The number of hydrogen-bond acceptors (Lipinski definition) is 3. The summed E-state index contributed by atoms with van der Waals surface area (Å²) in [4.78, 5) is 1.03. The summed E-state index contributed by atoms with van der Waals surface area (Å²) in [5.74, 6) is 0. The molecule has 0 bridgehead atoms. The number of nitrogens with one attached hydrogen (secondary N) is 1. The van der Waals surface area contributed by atoms with Crippen LogP contribution < -0.4 is 5.32 Å². The van der Waals surface area contributed by atoms with Crippen LogP contribution in [0.5, 0.6) is 0 Å². The molecule has 0 aliphatic carbocycles. The van der Waals surface area contributed by atoms with E-state index >= 15 is 0 Å². The fraction of sp³-hybridized carbons (Fsp3) is 0.308. The Bertz CT molecular complexity index is 405. The number of nitrogens with zero attached hydrogens (tertiary/aromatic N) is 1. The lowest BCUT2D eigenvalue weighted by Crippen LogP contribution is -2.02. The van der Waals surface area contributed by atoms with E-state index in [9.17, 15) is 0 Å². The average molecular weight is 232 g/mol. The van der Waals surface area contributed by atoms with Gasteiger partial charge in [-0.2, -0.15) is 5.26 Å². The molecule has 1 aromatic carbocycles. The molecule has 2 nitrogen and oxygen atoms in total. The molecule has 0 saturated heterocycles. The predicted octanol–water partition coefficient (Wildman–Crippen LogP) is 3.66. The van der Waals surface area contributed by atoms with Crippen LogP contribution in [0.15, 0.2) is 35.2 Å². The van der Waals surface area contributed by atoms with E-state index in [1.165, 1.54) is 0 Å². The lowest BCUT2D eigenvalue weighted by Gasteiger charge is -2.09. The van der Waals surface area contributed by atoms with Crippen LogP contribution in [0, 0.1) is 11.3 Å². The molecule has 0 atom stereocenters. The number of anilines is 1. The molecular formula is C13H16N2S. The smallest absolute Gasteiger partial charge is 0.102 e. The van der Waals surface area contributed by atoms with E-state index < -0.39 is 0 Å². The minimum absolute atomic E-state index is 0.746. The molecule has 1 rings (SSSR count). The molecule has 0 spiro atoms. The number of thioether (sulfide) groups is 1. The Labute approximate surface area is 101 Å². The van der Waals surface area contributed by atoms with Crippen molar-refractivity contribution in [2.24, 2.45) is 0 Å². The van der Waals surface area contributed by atoms with Crippen LogP contribution >= 0.6 is 11.8 Å². The molecule has 1 aromatic rings. The Morgan fingerprint density at radius 1 is 1.50 bits per heavy atom. The lowest BCUT2D eigenvalue weighted by atomic mass is 10.2. The zero-order valence-corrected chi connectivity index (χ0v) is 10.5. The van der Waals surface area contributed by atoms with Crippen molar-refractivity contribution in [2.75, 3.05) is 18.1 Å². The minimum Gasteiger partial charge on any atom is -0.384 e. The van der Waals surface area contributed by atoms with E-state index in [0.717, 1.165) is 29.1 Å². The molecule has 0 amide bonds. The summed E-state index contributed by atoms with van der Waals surface area (Å²) in [7, 11) is 0. The van der Waals surface area contributed by atoms with Gasteiger partial charge in [-0.15, -0.1) is 11.8 Å². The molecule has 0 aliphatic heterocycles. The summed E-state index contributed by atoms with van der Waals surface area (Å²) in [6.07, 6.45) is 7.10. The molecular weight excluding hydrogens is 216 g/mol. The Kier molecular flexibility index (Phi) is 5.52. The summed E-state index contributed by atoms with van der Waals surface area (Å²) in [5, 5.41) is 12.4. The highest BCUT2D eigenvalue weighted by molar-refractivity contribution is 7.98. The van der Waals surface area contributed by atoms with Crippen molar-refractivity contribution >= 4 is 17.4 Å². The zero-order valence-electron chi connectivity index (χ0n) is 9.66. The van der Waals surface area contributed by atoms with Gasteiger partial charge in [-0.05, 0) is 31.7 Å². The van der Waals surface area contributed by atoms with Crippen LogP contribution in [0.25, 0.3) is 0 Å². The highest BCUT2D eigenvalue weighted by Gasteiger charge is 2.05. The second-order valence-electron chi connectivity index (χ2n) is 3.28. The SMILES string of the molecule is C/C=C/CCNc1cccc(SC)c1C#N. The number of allylic oxidation sites excluding steroid dienone is 1. The normalized spacial score (nSPS) is 10.3. The maximum absolute atomic E-state index is 9.12. The number of hydrogen-bond donors (Lipinski definition) is 1. The van der Waals surface area contributed by atoms with Gasteiger partial charge in [0, 0.05) is 11.4 Å². The predicted molar refractivity (Wildman–Crippen MR) is 70.9 cm³/mol. The second-order valence-corrected chi connectivity index (χ2v) is 4.13. The second kappa shape index (κ2) is 6.97. The maximum Gasteiger partial charge on any atom is 0.102 e. The zero-order chi connectivity index (χ0) is 11.8. The van der Waals surface area contributed by atoms with Crippen LogP contribution in [0.1, 0.15) is 18.9 Å². The monoisotopic (exact) mass is 232 g/mol. The third kappa shape index (κ3) is 3.32. The summed E-state index contributed by atoms with van der Waals surface area (Å²) in [6, 6.07) is 8.16. The van der Waals surface area contributed by atoms with E-state index in [0.29, 0.717) is 0 Å². The van der Waals surface area contributed by atoms with Gasteiger partial charge in [-0.3, -0.25) is 0 Å². The van der Waals surface area contributed by atoms with Crippen molar-refractivity contribution in [1.82, 2.24) is 0 Å². The van der Waals surface area contributed by atoms with E-state index in [2.05, 4.69) is 17.5 Å². The highest BCUT2D eigenvalue weighted by Crippen LogP contribution is 2.26. The van der Waals surface area contributed by atoms with Crippen LogP contribution in [-0.2, 0) is 0 Å². The molecule has 3 heteroatoms. The molecule has 0 saturated carbocycles. The number of nitriles is 1. The molecule has 0 radical (unpaired) electrons. The van der Waals surface area contributed by atoms with Crippen LogP contribution in [0.2, 0.25) is 0 Å². The van der Waals surface area contributed by atoms with Crippen LogP contribution in [0.3, 0.4) is 0 Å². The van der Waals surface area contributed by atoms with Crippen molar-refractivity contribution in [2.45, 2.75) is 18.2 Å². The maximum atomic E-state index is 9.12. The van der Waals surface area contributed by atoms with Crippen molar-refractivity contribution in [3.8, 4) is 6.07 Å². The van der Waals surface area contributed by atoms with Gasteiger partial charge in [-0.1, -0.05) is 18.2 Å². The largest absolute Gasteiger partial charge is 0.384 e. The molecule has 0 heterocycles. The molecule has 0 aromatic heterocycles. The van der Waals surface area contributed by atoms with Gasteiger partial charge in [0.25, 0.3) is 0 Å². The first-order chi connectivity index (χ1) is 7.83. The van der Waals surface area contributed by atoms with Crippen LogP contribution in [-0.4, -0.2) is 12.8 Å². The van der Waals surface area contributed by atoms with Crippen molar-refractivity contribution in [1.29, 1.82) is 5.26 Å². The first-order valence-corrected chi connectivity index (χ1v) is 6.48. The summed E-state index contributed by atoms with van der Waals surface area (Å²) >= 11 is 1.60. The Hall–Kier alpha value is -1.40. The first kappa shape index (κ1) is 12.7. The lowest BCUT2D eigenvalue weighted by molar-refractivity contribution is 1.06. The Morgan fingerprint density at radius 3 is 2.94 bits per heavy atom. The average Bonchev–Trinajstić information content (AvgIpc) is 2.34. The van der Waals surface area contributed by atoms with Crippen molar-refractivity contribution in [3.05, 3.63) is 35.9 Å². The van der Waals surface area contributed by atoms with Gasteiger partial charge < -0.3 is 5.32 Å². The van der Waals surface area contributed by atoms with Gasteiger partial charge in [0.15, 0.2) is 0 Å². The van der Waals surface area contributed by atoms with Crippen molar-refractivity contribution in [3.63, 3.8) is 0 Å². The molecule has 84 valence electrons. The van der Waals surface area contributed by atoms with Gasteiger partial charge in [0.05, 0.1) is 11.3 Å². The molecule has 0 fully saturated rings. The molecule has 1 N–H and O–H groups in total. The van der Waals surface area contributed by atoms with E-state index in [1.807, 2.05) is 37.5 Å². The van der Waals surface area contributed by atoms with E-state index in [1.54, 1.807) is 11.8 Å². The van der Waals surface area contributed by atoms with Crippen molar-refractivity contribution < 1.29 is 0 Å². The molecule has 16 heavy (non-hydrogen) atoms. The van der Waals surface area contributed by atoms with Gasteiger partial charge >= 0.3 is 0 Å². The van der Waals surface area contributed by atoms with Gasteiger partial charge in [0.1, 0.15) is 6.07 Å². The third-order valence-electron chi connectivity index (χ3n) is 2.22. The fourth-order valence-electron chi connectivity index (χ4n) is 1.42. The number of rotatable bonds is 5. The van der Waals surface area contributed by atoms with Gasteiger partial charge in [-0.25, -0.2) is 0 Å². The Balaban J connectivity index is 2.76. The fourth-order valence-corrected chi connectivity index (χ4v) is 2.00. The quantitative estimate of drug-likeness (QED) is 0.478. The number of benzene rings is 1. The first-order valence-electron chi connectivity index (χ1n) is 5.25. The van der Waals surface area contributed by atoms with E-state index in [4.69, 9.17) is 5.26 Å². The molecule has 0 unspecified atom stereocenters. The molecule has 0 aliphatic rings. The van der Waals surface area contributed by atoms with E-state index in [-0.39, 0.29) is 0 Å². The van der Waals surface area contributed by atoms with Crippen LogP contribution in [0.4, 0.5) is 5.69 Å². The summed E-state index contributed by atoms with van der Waals surface area (Å²) < 4.78 is 0. The summed E-state index contributed by atoms with van der Waals surface area (Å²) in [5.41, 5.74) is 1.68. The Morgan fingerprint density at radius 2 is 2.31 bits per heavy atom. The highest BCUT2D eigenvalue weighted by atomic mass is 32.2. The standard InChI is InChI=1S/C13H16N2S/c1-3-4-5-9-15-12-7-6-8-13(16-2)11(12)10-14/h3-4,6-8,15H,5,9H2,1-2H3/b4-3+.